The predicted octanol–water partition coefficient (Wildman–Crippen LogP) is 4.21. The van der Waals surface area contributed by atoms with Gasteiger partial charge >= 0.3 is 0 Å². The molecule has 0 atom stereocenters. The molecule has 0 aromatic heterocycles. The van der Waals surface area contributed by atoms with Crippen molar-refractivity contribution in [1.29, 1.82) is 0 Å². The summed E-state index contributed by atoms with van der Waals surface area (Å²) in [6.07, 6.45) is 0. The van der Waals surface area contributed by atoms with E-state index in [0.29, 0.717) is 11.5 Å². The Bertz CT molecular complexity index is 722. The van der Waals surface area contributed by atoms with Crippen molar-refractivity contribution in [2.45, 2.75) is 20.8 Å². The van der Waals surface area contributed by atoms with Crippen LogP contribution in [-0.4, -0.2) is 10.7 Å². The molecule has 0 fully saturated rings. The zero-order valence-electron chi connectivity index (χ0n) is 12.0. The number of ketones is 1. The number of nitro groups is 1. The molecule has 108 valence electrons. The van der Waals surface area contributed by atoms with Crippen LogP contribution in [0.5, 0.6) is 11.5 Å². The average molecular weight is 285 g/mol. The van der Waals surface area contributed by atoms with E-state index in [1.165, 1.54) is 25.1 Å². The first-order chi connectivity index (χ1) is 9.88. The van der Waals surface area contributed by atoms with E-state index in [1.54, 1.807) is 0 Å². The molecule has 0 saturated heterocycles. The van der Waals surface area contributed by atoms with Gasteiger partial charge in [0.05, 0.1) is 10.5 Å². The maximum absolute atomic E-state index is 11.5. The van der Waals surface area contributed by atoms with Crippen molar-refractivity contribution in [3.8, 4) is 11.5 Å². The quantitative estimate of drug-likeness (QED) is 0.479. The number of nitrogens with zero attached hydrogens (tertiary/aromatic N) is 1. The van der Waals surface area contributed by atoms with Gasteiger partial charge in [-0.25, -0.2) is 0 Å². The van der Waals surface area contributed by atoms with Crippen LogP contribution in [0.1, 0.15) is 28.4 Å². The van der Waals surface area contributed by atoms with E-state index in [4.69, 9.17) is 4.74 Å². The molecule has 0 N–H and O–H groups in total. The first-order valence-corrected chi connectivity index (χ1v) is 6.43. The van der Waals surface area contributed by atoms with E-state index in [2.05, 4.69) is 0 Å². The standard InChI is InChI=1S/C16H15NO4/c1-10-4-5-13(8-11(10)2)21-14-6-7-16(17(19)20)15(9-14)12(3)18/h4-9H,1-3H3. The molecule has 21 heavy (non-hydrogen) atoms. The molecule has 0 aliphatic carbocycles. The smallest absolute Gasteiger partial charge is 0.280 e. The zero-order valence-corrected chi connectivity index (χ0v) is 12.0. The van der Waals surface area contributed by atoms with Gasteiger partial charge in [0, 0.05) is 6.07 Å². The number of hydrogen-bond acceptors (Lipinski definition) is 4. The topological polar surface area (TPSA) is 69.4 Å². The summed E-state index contributed by atoms with van der Waals surface area (Å²) in [7, 11) is 0. The van der Waals surface area contributed by atoms with Gasteiger partial charge in [0.2, 0.25) is 0 Å². The van der Waals surface area contributed by atoms with Crippen LogP contribution in [-0.2, 0) is 0 Å². The lowest BCUT2D eigenvalue weighted by molar-refractivity contribution is -0.385. The van der Waals surface area contributed by atoms with Crippen molar-refractivity contribution in [1.82, 2.24) is 0 Å². The number of ether oxygens (including phenoxy) is 1. The molecular weight excluding hydrogens is 270 g/mol. The lowest BCUT2D eigenvalue weighted by Crippen LogP contribution is -2.00. The Morgan fingerprint density at radius 2 is 1.67 bits per heavy atom. The molecule has 0 bridgehead atoms. The van der Waals surface area contributed by atoms with Gasteiger partial charge in [0.25, 0.3) is 5.69 Å². The molecule has 2 rings (SSSR count). The van der Waals surface area contributed by atoms with Gasteiger partial charge < -0.3 is 4.74 Å². The van der Waals surface area contributed by atoms with Crippen LogP contribution in [0.15, 0.2) is 36.4 Å². The number of rotatable bonds is 4. The molecule has 0 spiro atoms. The van der Waals surface area contributed by atoms with E-state index in [0.717, 1.165) is 11.1 Å². The van der Waals surface area contributed by atoms with Gasteiger partial charge in [0.15, 0.2) is 5.78 Å². The minimum atomic E-state index is -0.573. The van der Waals surface area contributed by atoms with Crippen molar-refractivity contribution in [2.75, 3.05) is 0 Å². The fourth-order valence-corrected chi connectivity index (χ4v) is 1.93. The summed E-state index contributed by atoms with van der Waals surface area (Å²) in [4.78, 5) is 21.8. The molecule has 0 unspecified atom stereocenters. The van der Waals surface area contributed by atoms with Crippen molar-refractivity contribution < 1.29 is 14.5 Å². The van der Waals surface area contributed by atoms with E-state index in [-0.39, 0.29) is 17.0 Å². The molecule has 0 amide bonds. The molecule has 2 aromatic carbocycles. The van der Waals surface area contributed by atoms with Gasteiger partial charge in [-0.15, -0.1) is 0 Å². The summed E-state index contributed by atoms with van der Waals surface area (Å²) in [5.74, 6) is 0.655. The minimum Gasteiger partial charge on any atom is -0.457 e. The number of benzene rings is 2. The van der Waals surface area contributed by atoms with E-state index >= 15 is 0 Å². The van der Waals surface area contributed by atoms with Gasteiger partial charge in [-0.1, -0.05) is 6.07 Å². The Kier molecular flexibility index (Phi) is 4.03. The number of nitro benzene ring substituents is 1. The summed E-state index contributed by atoms with van der Waals surface area (Å²) in [6, 6.07) is 9.80. The second-order valence-corrected chi connectivity index (χ2v) is 4.84. The van der Waals surface area contributed by atoms with Gasteiger partial charge in [-0.3, -0.25) is 14.9 Å². The zero-order chi connectivity index (χ0) is 15.6. The second-order valence-electron chi connectivity index (χ2n) is 4.84. The summed E-state index contributed by atoms with van der Waals surface area (Å²) in [5, 5.41) is 10.9. The third-order valence-corrected chi connectivity index (χ3v) is 3.26. The second kappa shape index (κ2) is 5.75. The summed E-state index contributed by atoms with van der Waals surface area (Å²) < 4.78 is 5.66. The Labute approximate surface area is 122 Å². The molecule has 5 heteroatoms. The van der Waals surface area contributed by atoms with Crippen LogP contribution in [0, 0.1) is 24.0 Å². The van der Waals surface area contributed by atoms with E-state index in [9.17, 15) is 14.9 Å². The van der Waals surface area contributed by atoms with Gasteiger partial charge in [-0.05, 0) is 56.2 Å². The van der Waals surface area contributed by atoms with Gasteiger partial charge in [0.1, 0.15) is 11.5 Å². The van der Waals surface area contributed by atoms with Crippen LogP contribution < -0.4 is 4.74 Å². The lowest BCUT2D eigenvalue weighted by Gasteiger charge is -2.09. The molecule has 0 radical (unpaired) electrons. The van der Waals surface area contributed by atoms with E-state index < -0.39 is 4.92 Å². The highest BCUT2D eigenvalue weighted by atomic mass is 16.6. The highest BCUT2D eigenvalue weighted by Crippen LogP contribution is 2.28. The number of carbonyl (C=O) groups is 1. The van der Waals surface area contributed by atoms with E-state index in [1.807, 2.05) is 32.0 Å². The number of carbonyl (C=O) groups excluding carboxylic acids is 1. The Morgan fingerprint density at radius 1 is 1.05 bits per heavy atom. The SMILES string of the molecule is CC(=O)c1cc(Oc2ccc(C)c(C)c2)ccc1[N+](=O)[O-]. The molecule has 0 aliphatic rings. The average Bonchev–Trinajstić information content (AvgIpc) is 2.42. The predicted molar refractivity (Wildman–Crippen MR) is 79.1 cm³/mol. The minimum absolute atomic E-state index is 0.0429. The van der Waals surface area contributed by atoms with Crippen LogP contribution in [0.2, 0.25) is 0 Å². The molecule has 2 aromatic rings. The summed E-state index contributed by atoms with van der Waals surface area (Å²) >= 11 is 0. The molecule has 0 aliphatic heterocycles. The largest absolute Gasteiger partial charge is 0.457 e. The number of aryl methyl sites for hydroxylation is 2. The Hall–Kier alpha value is -2.69. The Morgan fingerprint density at radius 3 is 2.24 bits per heavy atom. The maximum Gasteiger partial charge on any atom is 0.280 e. The molecule has 0 saturated carbocycles. The molecular formula is C16H15NO4. The third kappa shape index (κ3) is 3.25. The third-order valence-electron chi connectivity index (χ3n) is 3.26. The van der Waals surface area contributed by atoms with Crippen molar-refractivity contribution in [3.05, 3.63) is 63.2 Å². The van der Waals surface area contributed by atoms with Crippen LogP contribution >= 0.6 is 0 Å². The van der Waals surface area contributed by atoms with Crippen molar-refractivity contribution in [2.24, 2.45) is 0 Å². The first kappa shape index (κ1) is 14.7. The highest BCUT2D eigenvalue weighted by molar-refractivity contribution is 5.98. The maximum atomic E-state index is 11.5. The summed E-state index contributed by atoms with van der Waals surface area (Å²) in [6.45, 7) is 5.26. The number of Topliss-reactive ketones (excluding diaryl/α,β-unsaturated/α-hetero) is 1. The lowest BCUT2D eigenvalue weighted by atomic mass is 10.1. The molecule has 0 heterocycles. The first-order valence-electron chi connectivity index (χ1n) is 6.43. The van der Waals surface area contributed by atoms with Crippen molar-refractivity contribution >= 4 is 11.5 Å². The fourth-order valence-electron chi connectivity index (χ4n) is 1.93. The van der Waals surface area contributed by atoms with Crippen LogP contribution in [0.3, 0.4) is 0 Å². The van der Waals surface area contributed by atoms with Crippen LogP contribution in [0.4, 0.5) is 5.69 Å². The fraction of sp³-hybridized carbons (Fsp3) is 0.188. The Balaban J connectivity index is 2.36. The number of hydrogen-bond donors (Lipinski definition) is 0. The summed E-state index contributed by atoms with van der Waals surface area (Å²) in [5.41, 5.74) is 2.06. The monoisotopic (exact) mass is 285 g/mol. The van der Waals surface area contributed by atoms with Crippen molar-refractivity contribution in [3.63, 3.8) is 0 Å². The van der Waals surface area contributed by atoms with Gasteiger partial charge in [-0.2, -0.15) is 0 Å². The normalized spacial score (nSPS) is 10.2. The van der Waals surface area contributed by atoms with Crippen LogP contribution in [0.25, 0.3) is 0 Å². The molecule has 5 nitrogen and oxygen atoms in total. The highest BCUT2D eigenvalue weighted by Gasteiger charge is 2.18.